The predicted molar refractivity (Wildman–Crippen MR) is 75.9 cm³/mol. The Morgan fingerprint density at radius 1 is 1.28 bits per heavy atom. The van der Waals surface area contributed by atoms with Crippen molar-refractivity contribution in [3.63, 3.8) is 0 Å². The third-order valence-corrected chi connectivity index (χ3v) is 3.92. The second-order valence-corrected chi connectivity index (χ2v) is 5.73. The normalized spacial score (nSPS) is 24.3. The zero-order valence-corrected chi connectivity index (χ0v) is 12.3. The molecule has 0 bridgehead atoms. The van der Waals surface area contributed by atoms with Crippen molar-refractivity contribution in [3.8, 4) is 0 Å². The summed E-state index contributed by atoms with van der Waals surface area (Å²) in [5.74, 6) is 0.134. The van der Waals surface area contributed by atoms with Crippen LogP contribution in [0, 0.1) is 0 Å². The fourth-order valence-electron chi connectivity index (χ4n) is 2.72. The van der Waals surface area contributed by atoms with Gasteiger partial charge in [0.2, 0.25) is 5.91 Å². The van der Waals surface area contributed by atoms with E-state index in [4.69, 9.17) is 5.73 Å². The molecular formula is C13H26ClN3O. The molecule has 4 nitrogen and oxygen atoms in total. The number of amides is 1. The lowest BCUT2D eigenvalue weighted by molar-refractivity contribution is -0.138. The van der Waals surface area contributed by atoms with Crippen molar-refractivity contribution in [1.29, 1.82) is 0 Å². The summed E-state index contributed by atoms with van der Waals surface area (Å²) in [5, 5.41) is 0. The van der Waals surface area contributed by atoms with Crippen molar-refractivity contribution < 1.29 is 4.79 Å². The third kappa shape index (κ3) is 3.59. The summed E-state index contributed by atoms with van der Waals surface area (Å²) >= 11 is 0. The Bertz CT molecular complexity index is 284. The molecule has 0 aromatic rings. The van der Waals surface area contributed by atoms with Gasteiger partial charge in [-0.25, -0.2) is 0 Å². The number of nitrogens with two attached hydrogens (primary N) is 1. The lowest BCUT2D eigenvalue weighted by Crippen LogP contribution is -2.58. The minimum atomic E-state index is -0.670. The number of carbonyl (C=O) groups is 1. The molecule has 0 radical (unpaired) electrons. The molecule has 1 heterocycles. The van der Waals surface area contributed by atoms with Gasteiger partial charge in [0, 0.05) is 32.2 Å². The van der Waals surface area contributed by atoms with Gasteiger partial charge in [0.1, 0.15) is 0 Å². The number of hydrogen-bond donors (Lipinski definition) is 1. The molecule has 2 aliphatic rings. The van der Waals surface area contributed by atoms with E-state index in [2.05, 4.69) is 11.8 Å². The Kier molecular flexibility index (Phi) is 5.44. The number of halogens is 1. The van der Waals surface area contributed by atoms with Gasteiger partial charge in [0.25, 0.3) is 0 Å². The maximum atomic E-state index is 12.3. The summed E-state index contributed by atoms with van der Waals surface area (Å²) in [6.45, 7) is 7.70. The molecule has 1 aliphatic carbocycles. The molecule has 2 N–H and O–H groups in total. The van der Waals surface area contributed by atoms with Crippen LogP contribution in [0.4, 0.5) is 0 Å². The number of nitrogens with zero attached hydrogens (tertiary/aromatic N) is 2. The van der Waals surface area contributed by atoms with Crippen molar-refractivity contribution in [1.82, 2.24) is 9.80 Å². The maximum Gasteiger partial charge on any atom is 0.242 e. The smallest absolute Gasteiger partial charge is 0.242 e. The summed E-state index contributed by atoms with van der Waals surface area (Å²) in [6.07, 6.45) is 4.42. The van der Waals surface area contributed by atoms with Gasteiger partial charge in [-0.15, -0.1) is 12.4 Å². The zero-order valence-electron chi connectivity index (χ0n) is 11.5. The number of piperazine rings is 1. The molecule has 1 aliphatic heterocycles. The fourth-order valence-corrected chi connectivity index (χ4v) is 2.72. The fraction of sp³-hybridized carbons (Fsp3) is 0.923. The van der Waals surface area contributed by atoms with Crippen LogP contribution in [-0.2, 0) is 4.79 Å². The van der Waals surface area contributed by atoms with Crippen LogP contribution in [0.1, 0.15) is 39.5 Å². The van der Waals surface area contributed by atoms with Crippen LogP contribution in [0.25, 0.3) is 0 Å². The van der Waals surface area contributed by atoms with E-state index in [1.54, 1.807) is 0 Å². The van der Waals surface area contributed by atoms with Crippen molar-refractivity contribution in [2.45, 2.75) is 51.1 Å². The van der Waals surface area contributed by atoms with Crippen LogP contribution < -0.4 is 5.73 Å². The van der Waals surface area contributed by atoms with E-state index >= 15 is 0 Å². The number of carbonyl (C=O) groups excluding carboxylic acids is 1. The average molecular weight is 276 g/mol. The Balaban J connectivity index is 0.00000162. The van der Waals surface area contributed by atoms with Gasteiger partial charge >= 0.3 is 0 Å². The first-order valence-electron chi connectivity index (χ1n) is 6.87. The minimum absolute atomic E-state index is 0. The summed E-state index contributed by atoms with van der Waals surface area (Å²) in [7, 11) is 0. The number of rotatable bonds is 4. The van der Waals surface area contributed by atoms with E-state index in [0.29, 0.717) is 0 Å². The van der Waals surface area contributed by atoms with Crippen LogP contribution in [0.15, 0.2) is 0 Å². The predicted octanol–water partition coefficient (Wildman–Crippen LogP) is 1.23. The van der Waals surface area contributed by atoms with Gasteiger partial charge in [0.15, 0.2) is 0 Å². The molecule has 106 valence electrons. The molecule has 0 aromatic carbocycles. The van der Waals surface area contributed by atoms with Crippen molar-refractivity contribution in [2.75, 3.05) is 26.2 Å². The highest BCUT2D eigenvalue weighted by molar-refractivity contribution is 5.86. The standard InChI is InChI=1S/C13H25N3O.ClH/c1-3-6-13(2,14)12(17)16-9-7-15(8-10-16)11-4-5-11;/h11H,3-10,14H2,1-2H3;1H. The van der Waals surface area contributed by atoms with Gasteiger partial charge in [-0.1, -0.05) is 13.3 Å². The highest BCUT2D eigenvalue weighted by Gasteiger charge is 2.36. The minimum Gasteiger partial charge on any atom is -0.339 e. The quantitative estimate of drug-likeness (QED) is 0.840. The van der Waals surface area contributed by atoms with Crippen molar-refractivity contribution >= 4 is 18.3 Å². The van der Waals surface area contributed by atoms with Crippen molar-refractivity contribution in [3.05, 3.63) is 0 Å². The van der Waals surface area contributed by atoms with Gasteiger partial charge in [-0.3, -0.25) is 9.69 Å². The first kappa shape index (κ1) is 15.7. The topological polar surface area (TPSA) is 49.6 Å². The summed E-state index contributed by atoms with van der Waals surface area (Å²) in [4.78, 5) is 16.7. The monoisotopic (exact) mass is 275 g/mol. The Hall–Kier alpha value is -0.320. The molecule has 1 amide bonds. The second-order valence-electron chi connectivity index (χ2n) is 5.73. The molecule has 0 aromatic heterocycles. The average Bonchev–Trinajstić information content (AvgIpc) is 3.12. The Labute approximate surface area is 116 Å². The van der Waals surface area contributed by atoms with Gasteiger partial charge < -0.3 is 10.6 Å². The summed E-state index contributed by atoms with van der Waals surface area (Å²) in [6, 6.07) is 0.812. The molecule has 2 rings (SSSR count). The molecule has 1 unspecified atom stereocenters. The van der Waals surface area contributed by atoms with E-state index in [1.165, 1.54) is 12.8 Å². The molecule has 0 spiro atoms. The highest BCUT2D eigenvalue weighted by Crippen LogP contribution is 2.27. The maximum absolute atomic E-state index is 12.3. The molecule has 1 atom stereocenters. The van der Waals surface area contributed by atoms with Crippen LogP contribution >= 0.6 is 12.4 Å². The van der Waals surface area contributed by atoms with Gasteiger partial charge in [-0.2, -0.15) is 0 Å². The SMILES string of the molecule is CCCC(C)(N)C(=O)N1CCN(C2CC2)CC1.Cl. The second kappa shape index (κ2) is 6.22. The molecule has 1 saturated carbocycles. The van der Waals surface area contributed by atoms with Gasteiger partial charge in [-0.05, 0) is 26.2 Å². The van der Waals surface area contributed by atoms with Crippen LogP contribution in [0.5, 0.6) is 0 Å². The van der Waals surface area contributed by atoms with E-state index in [0.717, 1.165) is 45.1 Å². The van der Waals surface area contributed by atoms with Crippen molar-refractivity contribution in [2.24, 2.45) is 5.73 Å². The van der Waals surface area contributed by atoms with Crippen LogP contribution in [0.2, 0.25) is 0 Å². The van der Waals surface area contributed by atoms with Crippen LogP contribution in [-0.4, -0.2) is 53.5 Å². The number of hydrogen-bond acceptors (Lipinski definition) is 3. The molecule has 5 heteroatoms. The largest absolute Gasteiger partial charge is 0.339 e. The molecular weight excluding hydrogens is 250 g/mol. The van der Waals surface area contributed by atoms with E-state index in [-0.39, 0.29) is 18.3 Å². The first-order valence-corrected chi connectivity index (χ1v) is 6.87. The lowest BCUT2D eigenvalue weighted by atomic mass is 9.95. The lowest BCUT2D eigenvalue weighted by Gasteiger charge is -2.38. The van der Waals surface area contributed by atoms with E-state index in [1.807, 2.05) is 11.8 Å². The first-order chi connectivity index (χ1) is 8.04. The Morgan fingerprint density at radius 2 is 1.83 bits per heavy atom. The molecule has 2 fully saturated rings. The van der Waals surface area contributed by atoms with Crippen LogP contribution in [0.3, 0.4) is 0 Å². The highest BCUT2D eigenvalue weighted by atomic mass is 35.5. The molecule has 1 saturated heterocycles. The third-order valence-electron chi connectivity index (χ3n) is 3.92. The molecule has 18 heavy (non-hydrogen) atoms. The van der Waals surface area contributed by atoms with E-state index in [9.17, 15) is 4.79 Å². The van der Waals surface area contributed by atoms with Gasteiger partial charge in [0.05, 0.1) is 5.54 Å². The summed E-state index contributed by atoms with van der Waals surface area (Å²) < 4.78 is 0. The van der Waals surface area contributed by atoms with E-state index < -0.39 is 5.54 Å². The zero-order chi connectivity index (χ0) is 12.5. The Morgan fingerprint density at radius 3 is 2.28 bits per heavy atom. The summed E-state index contributed by atoms with van der Waals surface area (Å²) in [5.41, 5.74) is 5.43.